The minimum Gasteiger partial charge on any atom is -0.497 e. The first kappa shape index (κ1) is 17.1. The van der Waals surface area contributed by atoms with Gasteiger partial charge in [-0.05, 0) is 24.3 Å². The highest BCUT2D eigenvalue weighted by Crippen LogP contribution is 2.22. The highest BCUT2D eigenvalue weighted by atomic mass is 35.5. The molecule has 0 aromatic heterocycles. The maximum atomic E-state index is 12.1. The zero-order valence-electron chi connectivity index (χ0n) is 12.5. The van der Waals surface area contributed by atoms with E-state index in [0.717, 1.165) is 0 Å². The van der Waals surface area contributed by atoms with Gasteiger partial charge in [-0.2, -0.15) is 5.10 Å². The van der Waals surface area contributed by atoms with Crippen LogP contribution >= 0.6 is 23.2 Å². The Morgan fingerprint density at radius 2 is 1.74 bits per heavy atom. The second-order valence-electron chi connectivity index (χ2n) is 4.47. The summed E-state index contributed by atoms with van der Waals surface area (Å²) in [6.45, 7) is 0. The van der Waals surface area contributed by atoms with Crippen LogP contribution in [0.5, 0.6) is 11.5 Å². The number of ether oxygens (including phenoxy) is 2. The molecule has 0 atom stereocenters. The standard InChI is InChI=1S/C16H14Cl2N2O3/c1-22-13-5-11(6-14(8-13)23-2)16(21)20-19-9-10-3-4-12(17)7-15(10)18/h3-9H,1-2H3,(H,20,21)/b19-9-. The van der Waals surface area contributed by atoms with Gasteiger partial charge in [0.15, 0.2) is 0 Å². The first-order valence-corrected chi connectivity index (χ1v) is 7.30. The van der Waals surface area contributed by atoms with Gasteiger partial charge in [-0.3, -0.25) is 4.79 Å². The third-order valence-electron chi connectivity index (χ3n) is 2.95. The number of hydrogen-bond acceptors (Lipinski definition) is 4. The first-order chi connectivity index (χ1) is 11.0. The van der Waals surface area contributed by atoms with Crippen LogP contribution in [0.25, 0.3) is 0 Å². The smallest absolute Gasteiger partial charge is 0.271 e. The summed E-state index contributed by atoms with van der Waals surface area (Å²) < 4.78 is 10.2. The Kier molecular flexibility index (Phi) is 5.84. The monoisotopic (exact) mass is 352 g/mol. The minimum absolute atomic E-state index is 0.362. The number of benzene rings is 2. The molecular weight excluding hydrogens is 339 g/mol. The molecule has 23 heavy (non-hydrogen) atoms. The van der Waals surface area contributed by atoms with E-state index in [1.807, 2.05) is 0 Å². The average molecular weight is 353 g/mol. The van der Waals surface area contributed by atoms with Gasteiger partial charge in [0, 0.05) is 22.2 Å². The van der Waals surface area contributed by atoms with Gasteiger partial charge < -0.3 is 9.47 Å². The van der Waals surface area contributed by atoms with Crippen molar-refractivity contribution in [2.75, 3.05) is 14.2 Å². The van der Waals surface area contributed by atoms with E-state index in [4.69, 9.17) is 32.7 Å². The number of amides is 1. The molecule has 5 nitrogen and oxygen atoms in total. The summed E-state index contributed by atoms with van der Waals surface area (Å²) in [7, 11) is 3.02. The van der Waals surface area contributed by atoms with Gasteiger partial charge in [0.1, 0.15) is 11.5 Å². The lowest BCUT2D eigenvalue weighted by Crippen LogP contribution is -2.17. The Morgan fingerprint density at radius 1 is 1.09 bits per heavy atom. The van der Waals surface area contributed by atoms with Crippen LogP contribution in [0.2, 0.25) is 10.0 Å². The lowest BCUT2D eigenvalue weighted by Gasteiger charge is -2.07. The number of hydrogen-bond donors (Lipinski definition) is 1. The number of halogens is 2. The molecule has 0 saturated carbocycles. The Bertz CT molecular complexity index is 726. The Labute approximate surface area is 143 Å². The molecule has 2 aromatic rings. The Morgan fingerprint density at radius 3 is 2.30 bits per heavy atom. The van der Waals surface area contributed by atoms with Crippen molar-refractivity contribution in [1.82, 2.24) is 5.43 Å². The summed E-state index contributed by atoms with van der Waals surface area (Å²) in [5, 5.41) is 4.86. The number of hydrazone groups is 1. The van der Waals surface area contributed by atoms with Crippen LogP contribution < -0.4 is 14.9 Å². The molecule has 2 rings (SSSR count). The lowest BCUT2D eigenvalue weighted by molar-refractivity contribution is 0.0954. The van der Waals surface area contributed by atoms with Gasteiger partial charge in [0.25, 0.3) is 5.91 Å². The largest absolute Gasteiger partial charge is 0.497 e. The zero-order chi connectivity index (χ0) is 16.8. The van der Waals surface area contributed by atoms with Crippen molar-refractivity contribution < 1.29 is 14.3 Å². The fourth-order valence-electron chi connectivity index (χ4n) is 1.77. The number of rotatable bonds is 5. The van der Waals surface area contributed by atoms with Gasteiger partial charge in [-0.25, -0.2) is 5.43 Å². The number of carbonyl (C=O) groups is 1. The Hall–Kier alpha value is -2.24. The molecular formula is C16H14Cl2N2O3. The van der Waals surface area contributed by atoms with Crippen LogP contribution in [0.15, 0.2) is 41.5 Å². The number of nitrogens with zero attached hydrogens (tertiary/aromatic N) is 1. The van der Waals surface area contributed by atoms with Crippen molar-refractivity contribution in [1.29, 1.82) is 0 Å². The predicted molar refractivity (Wildman–Crippen MR) is 91.1 cm³/mol. The molecule has 0 bridgehead atoms. The van der Waals surface area contributed by atoms with Crippen molar-refractivity contribution in [3.63, 3.8) is 0 Å². The number of methoxy groups -OCH3 is 2. The van der Waals surface area contributed by atoms with Gasteiger partial charge in [0.2, 0.25) is 0 Å². The van der Waals surface area contributed by atoms with Gasteiger partial charge in [-0.15, -0.1) is 0 Å². The highest BCUT2D eigenvalue weighted by molar-refractivity contribution is 6.36. The summed E-state index contributed by atoms with van der Waals surface area (Å²) >= 11 is 11.8. The van der Waals surface area contributed by atoms with E-state index in [-0.39, 0.29) is 0 Å². The molecule has 1 N–H and O–H groups in total. The van der Waals surface area contributed by atoms with Crippen LogP contribution in [0.1, 0.15) is 15.9 Å². The van der Waals surface area contributed by atoms with Crippen LogP contribution in [0.4, 0.5) is 0 Å². The summed E-state index contributed by atoms with van der Waals surface area (Å²) in [4.78, 5) is 12.1. The van der Waals surface area contributed by atoms with E-state index in [1.165, 1.54) is 20.4 Å². The third kappa shape index (κ3) is 4.61. The molecule has 0 aliphatic heterocycles. The van der Waals surface area contributed by atoms with Gasteiger partial charge in [-0.1, -0.05) is 29.3 Å². The maximum Gasteiger partial charge on any atom is 0.271 e. The van der Waals surface area contributed by atoms with Crippen LogP contribution in [-0.2, 0) is 0 Å². The lowest BCUT2D eigenvalue weighted by atomic mass is 10.2. The molecule has 0 heterocycles. The van der Waals surface area contributed by atoms with E-state index in [9.17, 15) is 4.79 Å². The molecule has 0 spiro atoms. The van der Waals surface area contributed by atoms with Crippen LogP contribution in [0, 0.1) is 0 Å². The minimum atomic E-state index is -0.400. The molecule has 120 valence electrons. The number of carbonyl (C=O) groups excluding carboxylic acids is 1. The normalized spacial score (nSPS) is 10.6. The average Bonchev–Trinajstić information content (AvgIpc) is 2.56. The van der Waals surface area contributed by atoms with Crippen LogP contribution in [-0.4, -0.2) is 26.3 Å². The van der Waals surface area contributed by atoms with E-state index < -0.39 is 5.91 Å². The fraction of sp³-hybridized carbons (Fsp3) is 0.125. The number of nitrogens with one attached hydrogen (secondary N) is 1. The molecule has 0 radical (unpaired) electrons. The molecule has 0 saturated heterocycles. The van der Waals surface area contributed by atoms with Crippen molar-refractivity contribution in [3.05, 3.63) is 57.6 Å². The predicted octanol–water partition coefficient (Wildman–Crippen LogP) is 3.77. The van der Waals surface area contributed by atoms with E-state index in [2.05, 4.69) is 10.5 Å². The summed E-state index contributed by atoms with van der Waals surface area (Å²) in [5.74, 6) is 0.627. The molecule has 0 aliphatic carbocycles. The SMILES string of the molecule is COc1cc(OC)cc(C(=O)N/N=C\c2ccc(Cl)cc2Cl)c1. The summed E-state index contributed by atoms with van der Waals surface area (Å²) in [5.41, 5.74) is 3.42. The van der Waals surface area contributed by atoms with Crippen molar-refractivity contribution >= 4 is 35.3 Å². The molecule has 0 aliphatic rings. The zero-order valence-corrected chi connectivity index (χ0v) is 14.0. The quantitative estimate of drug-likeness (QED) is 0.658. The summed E-state index contributed by atoms with van der Waals surface area (Å²) in [6.07, 6.45) is 1.44. The van der Waals surface area contributed by atoms with E-state index >= 15 is 0 Å². The first-order valence-electron chi connectivity index (χ1n) is 6.55. The van der Waals surface area contributed by atoms with Crippen LogP contribution in [0.3, 0.4) is 0 Å². The van der Waals surface area contributed by atoms with Crippen molar-refractivity contribution in [3.8, 4) is 11.5 Å². The molecule has 7 heteroatoms. The van der Waals surface area contributed by atoms with Crippen molar-refractivity contribution in [2.24, 2.45) is 5.10 Å². The van der Waals surface area contributed by atoms with Gasteiger partial charge in [0.05, 0.1) is 25.5 Å². The highest BCUT2D eigenvalue weighted by Gasteiger charge is 2.09. The topological polar surface area (TPSA) is 59.9 Å². The fourth-order valence-corrected chi connectivity index (χ4v) is 2.23. The summed E-state index contributed by atoms with van der Waals surface area (Å²) in [6, 6.07) is 9.83. The van der Waals surface area contributed by atoms with E-state index in [1.54, 1.807) is 36.4 Å². The second-order valence-corrected chi connectivity index (χ2v) is 5.31. The molecule has 2 aromatic carbocycles. The third-order valence-corrected chi connectivity index (χ3v) is 3.51. The van der Waals surface area contributed by atoms with Gasteiger partial charge >= 0.3 is 0 Å². The molecule has 0 unspecified atom stereocenters. The molecule has 0 fully saturated rings. The Balaban J connectivity index is 2.11. The molecule has 1 amide bonds. The maximum absolute atomic E-state index is 12.1. The second kappa shape index (κ2) is 7.85. The van der Waals surface area contributed by atoms with E-state index in [0.29, 0.717) is 32.7 Å². The van der Waals surface area contributed by atoms with Crippen molar-refractivity contribution in [2.45, 2.75) is 0 Å².